The molecule has 0 rings (SSSR count). The first-order valence-electron chi connectivity index (χ1n) is 4.19. The Morgan fingerprint density at radius 2 is 1.71 bits per heavy atom. The van der Waals surface area contributed by atoms with Crippen molar-refractivity contribution in [2.45, 2.75) is 43.1 Å². The lowest BCUT2D eigenvalue weighted by molar-refractivity contribution is -0.162. The molecule has 0 unspecified atom stereocenters. The fourth-order valence-electron chi connectivity index (χ4n) is 0.773. The molecule has 0 atom stereocenters. The first kappa shape index (κ1) is 13.7. The molecule has 1 N–H and O–H groups in total. The van der Waals surface area contributed by atoms with Crippen LogP contribution in [0.3, 0.4) is 0 Å². The summed E-state index contributed by atoms with van der Waals surface area (Å²) in [6.07, 6.45) is -0.189. The molecule has 0 saturated carbocycles. The normalized spacial score (nSPS) is 12.4. The molecule has 4 nitrogen and oxygen atoms in total. The molecule has 0 bridgehead atoms. The maximum Gasteiger partial charge on any atom is 0.322 e. The number of hydrogen-bond donors (Lipinski definition) is 1. The highest BCUT2D eigenvalue weighted by molar-refractivity contribution is 14.1. The topological polar surface area (TPSA) is 63.6 Å². The van der Waals surface area contributed by atoms with Gasteiger partial charge in [-0.2, -0.15) is 0 Å². The molecule has 0 heterocycles. The number of hydrogen-bond acceptors (Lipinski definition) is 3. The van der Waals surface area contributed by atoms with Gasteiger partial charge in [-0.3, -0.25) is 9.59 Å². The molecule has 0 aromatic rings. The van der Waals surface area contributed by atoms with Gasteiger partial charge in [-0.05, 0) is 27.7 Å². The van der Waals surface area contributed by atoms with Crippen molar-refractivity contribution in [2.24, 2.45) is 0 Å². The molecule has 0 fully saturated rings. The lowest BCUT2D eigenvalue weighted by Gasteiger charge is -2.26. The van der Waals surface area contributed by atoms with Crippen LogP contribution in [0.15, 0.2) is 0 Å². The van der Waals surface area contributed by atoms with Crippen molar-refractivity contribution in [2.75, 3.05) is 0 Å². The molecule has 0 aliphatic heterocycles. The summed E-state index contributed by atoms with van der Waals surface area (Å²) in [4.78, 5) is 21.9. The number of carbonyl (C=O) groups is 2. The monoisotopic (exact) mass is 314 g/mol. The zero-order valence-corrected chi connectivity index (χ0v) is 10.9. The van der Waals surface area contributed by atoms with Crippen molar-refractivity contribution in [1.82, 2.24) is 0 Å². The summed E-state index contributed by atoms with van der Waals surface area (Å²) in [5, 5.41) is 8.57. The van der Waals surface area contributed by atoms with Crippen LogP contribution in [-0.2, 0) is 14.3 Å². The molecule has 0 saturated heterocycles. The molecule has 0 aliphatic carbocycles. The van der Waals surface area contributed by atoms with Gasteiger partial charge in [0.1, 0.15) is 9.02 Å². The summed E-state index contributed by atoms with van der Waals surface area (Å²) in [6.45, 7) is 6.60. The zero-order valence-electron chi connectivity index (χ0n) is 8.76. The quantitative estimate of drug-likeness (QED) is 0.490. The molecule has 5 heteroatoms. The number of carboxylic acid groups (broad SMARTS) is 1. The fraction of sp³-hybridized carbons (Fsp3) is 0.778. The van der Waals surface area contributed by atoms with Crippen molar-refractivity contribution in [3.63, 3.8) is 0 Å². The van der Waals surface area contributed by atoms with Gasteiger partial charge in [0, 0.05) is 0 Å². The average Bonchev–Trinajstić information content (AvgIpc) is 1.79. The van der Waals surface area contributed by atoms with E-state index in [-0.39, 0.29) is 6.42 Å². The summed E-state index contributed by atoms with van der Waals surface area (Å²) < 4.78 is 4.45. The first-order chi connectivity index (χ1) is 6.04. The third-order valence-corrected chi connectivity index (χ3v) is 1.87. The van der Waals surface area contributed by atoms with Crippen LogP contribution in [0.1, 0.15) is 34.1 Å². The predicted molar refractivity (Wildman–Crippen MR) is 60.5 cm³/mol. The molecule has 0 amide bonds. The van der Waals surface area contributed by atoms with Gasteiger partial charge < -0.3 is 9.84 Å². The van der Waals surface area contributed by atoms with E-state index in [0.29, 0.717) is 0 Å². The lowest BCUT2D eigenvalue weighted by atomic mass is 10.1. The smallest absolute Gasteiger partial charge is 0.322 e. The minimum atomic E-state index is -0.978. The fourth-order valence-corrected chi connectivity index (χ4v) is 0.883. The van der Waals surface area contributed by atoms with E-state index in [1.165, 1.54) is 0 Å². The lowest BCUT2D eigenvalue weighted by Crippen LogP contribution is -2.37. The Balaban J connectivity index is 4.37. The summed E-state index contributed by atoms with van der Waals surface area (Å²) in [7, 11) is 0. The average molecular weight is 314 g/mol. The van der Waals surface area contributed by atoms with Crippen LogP contribution in [-0.4, -0.2) is 26.1 Å². The van der Waals surface area contributed by atoms with Crippen molar-refractivity contribution in [3.8, 4) is 0 Å². The molecule has 0 aromatic carbocycles. The first-order valence-corrected chi connectivity index (χ1v) is 5.26. The summed E-state index contributed by atoms with van der Waals surface area (Å²) in [5.41, 5.74) is -0.953. The second-order valence-corrected chi connectivity index (χ2v) is 6.89. The highest BCUT2D eigenvalue weighted by Gasteiger charge is 2.33. The van der Waals surface area contributed by atoms with Crippen LogP contribution in [0.25, 0.3) is 0 Å². The second kappa shape index (κ2) is 4.46. The molecular weight excluding hydrogens is 299 g/mol. The molecule has 0 aliphatic rings. The number of alkyl halides is 1. The summed E-state index contributed by atoms with van der Waals surface area (Å²) >= 11 is 1.95. The molecule has 0 radical (unpaired) electrons. The number of halogens is 1. The highest BCUT2D eigenvalue weighted by atomic mass is 127. The Kier molecular flexibility index (Phi) is 4.35. The minimum absolute atomic E-state index is 0.189. The van der Waals surface area contributed by atoms with Gasteiger partial charge in [-0.15, -0.1) is 0 Å². The largest absolute Gasteiger partial charge is 0.481 e. The van der Waals surface area contributed by atoms with Crippen molar-refractivity contribution < 1.29 is 19.4 Å². The van der Waals surface area contributed by atoms with E-state index >= 15 is 0 Å². The van der Waals surface area contributed by atoms with E-state index in [1.807, 2.05) is 22.6 Å². The number of rotatable bonds is 4. The number of esters is 1. The van der Waals surface area contributed by atoms with Crippen LogP contribution in [0, 0.1) is 0 Å². The minimum Gasteiger partial charge on any atom is -0.481 e. The Morgan fingerprint density at radius 3 is 2.00 bits per heavy atom. The Morgan fingerprint density at radius 1 is 1.29 bits per heavy atom. The van der Waals surface area contributed by atoms with E-state index in [1.54, 1.807) is 27.7 Å². The second-order valence-electron chi connectivity index (χ2n) is 4.19. The van der Waals surface area contributed by atoms with Crippen LogP contribution < -0.4 is 0 Å². The number of carbonyl (C=O) groups excluding carboxylic acids is 1. The van der Waals surface area contributed by atoms with Crippen molar-refractivity contribution in [1.29, 1.82) is 0 Å². The zero-order chi connectivity index (χ0) is 11.6. The van der Waals surface area contributed by atoms with E-state index in [2.05, 4.69) is 0 Å². The highest BCUT2D eigenvalue weighted by Crippen LogP contribution is 2.23. The van der Waals surface area contributed by atoms with Crippen LogP contribution in [0.5, 0.6) is 0 Å². The molecule has 82 valence electrons. The number of aliphatic carboxylic acids is 1. The standard InChI is InChI=1S/C9H15IO4/c1-8(2,5-6(11)12)14-7(13)9(3,4)10/h5H2,1-4H3,(H,11,12). The maximum atomic E-state index is 11.4. The predicted octanol–water partition coefficient (Wildman–Crippen LogP) is 2.00. The van der Waals surface area contributed by atoms with Gasteiger partial charge in [0.25, 0.3) is 0 Å². The molecular formula is C9H15IO4. The van der Waals surface area contributed by atoms with Gasteiger partial charge in [-0.25, -0.2) is 0 Å². The van der Waals surface area contributed by atoms with Gasteiger partial charge in [-0.1, -0.05) is 22.6 Å². The molecule has 14 heavy (non-hydrogen) atoms. The van der Waals surface area contributed by atoms with Gasteiger partial charge in [0.2, 0.25) is 0 Å². The van der Waals surface area contributed by atoms with E-state index < -0.39 is 21.0 Å². The molecule has 0 spiro atoms. The van der Waals surface area contributed by atoms with E-state index in [0.717, 1.165) is 0 Å². The Hall–Kier alpha value is -0.330. The van der Waals surface area contributed by atoms with Crippen LogP contribution in [0.4, 0.5) is 0 Å². The third kappa shape index (κ3) is 5.41. The summed E-state index contributed by atoms with van der Waals surface area (Å²) in [6, 6.07) is 0. The maximum absolute atomic E-state index is 11.4. The Bertz CT molecular complexity index is 240. The van der Waals surface area contributed by atoms with Gasteiger partial charge in [0.05, 0.1) is 6.42 Å². The van der Waals surface area contributed by atoms with Crippen molar-refractivity contribution in [3.05, 3.63) is 0 Å². The van der Waals surface area contributed by atoms with Crippen LogP contribution in [0.2, 0.25) is 0 Å². The number of carboxylic acids is 1. The third-order valence-electron chi connectivity index (χ3n) is 1.43. The SMILES string of the molecule is CC(C)(CC(=O)O)OC(=O)C(C)(C)I. The van der Waals surface area contributed by atoms with Crippen LogP contribution >= 0.6 is 22.6 Å². The van der Waals surface area contributed by atoms with Gasteiger partial charge in [0.15, 0.2) is 0 Å². The number of ether oxygens (including phenoxy) is 1. The van der Waals surface area contributed by atoms with E-state index in [9.17, 15) is 9.59 Å². The Labute approximate surface area is 97.2 Å². The van der Waals surface area contributed by atoms with Crippen molar-refractivity contribution >= 4 is 34.5 Å². The van der Waals surface area contributed by atoms with E-state index in [4.69, 9.17) is 9.84 Å². The van der Waals surface area contributed by atoms with Gasteiger partial charge >= 0.3 is 11.9 Å². The molecule has 0 aromatic heterocycles. The summed E-state index contributed by atoms with van der Waals surface area (Å²) in [5.74, 6) is -1.38.